The van der Waals surface area contributed by atoms with Gasteiger partial charge >= 0.3 is 0 Å². The van der Waals surface area contributed by atoms with Crippen LogP contribution in [0.15, 0.2) is 17.7 Å². The first-order chi connectivity index (χ1) is 9.23. The number of phenolic OH excluding ortho intramolecular Hbond substituents is 1. The Morgan fingerprint density at radius 3 is 2.35 bits per heavy atom. The second kappa shape index (κ2) is 6.94. The van der Waals surface area contributed by atoms with E-state index in [2.05, 4.69) is 54.1 Å². The van der Waals surface area contributed by atoms with Gasteiger partial charge in [0, 0.05) is 6.42 Å². The van der Waals surface area contributed by atoms with Gasteiger partial charge in [-0.1, -0.05) is 24.6 Å². The molecule has 1 N–H and O–H groups in total. The average Bonchev–Trinajstić information content (AvgIpc) is 2.29. The zero-order chi connectivity index (χ0) is 15.3. The molecule has 2 heteroatoms. The van der Waals surface area contributed by atoms with Gasteiger partial charge < -0.3 is 9.59 Å². The molecule has 0 saturated carbocycles. The van der Waals surface area contributed by atoms with E-state index < -0.39 is 0 Å². The number of phenols is 1. The molecule has 0 saturated heterocycles. The largest absolute Gasteiger partial charge is 0.508 e. The van der Waals surface area contributed by atoms with E-state index >= 15 is 0 Å². The topological polar surface area (TPSA) is 20.2 Å². The van der Waals surface area contributed by atoms with E-state index in [1.165, 1.54) is 11.1 Å². The van der Waals surface area contributed by atoms with Crippen molar-refractivity contribution in [2.75, 3.05) is 27.7 Å². The fraction of sp³-hybridized carbons (Fsp3) is 0.556. The van der Waals surface area contributed by atoms with E-state index in [1.807, 2.05) is 6.07 Å². The molecule has 1 aromatic carbocycles. The number of nitrogens with zero attached hydrogens (tertiary/aromatic N) is 1. The molecule has 0 unspecified atom stereocenters. The molecule has 0 bridgehead atoms. The van der Waals surface area contributed by atoms with Crippen molar-refractivity contribution >= 4 is 6.08 Å². The van der Waals surface area contributed by atoms with Gasteiger partial charge in [-0.15, -0.1) is 0 Å². The third-order valence-electron chi connectivity index (χ3n) is 3.43. The Bertz CT molecular complexity index is 477. The van der Waals surface area contributed by atoms with Crippen LogP contribution in [0.3, 0.4) is 0 Å². The molecular weight excluding hydrogens is 246 g/mol. The van der Waals surface area contributed by atoms with E-state index in [4.69, 9.17) is 0 Å². The summed E-state index contributed by atoms with van der Waals surface area (Å²) in [6.07, 6.45) is 5.15. The van der Waals surface area contributed by atoms with Crippen molar-refractivity contribution in [2.24, 2.45) is 0 Å². The number of benzene rings is 1. The first-order valence-electron chi connectivity index (χ1n) is 7.53. The predicted molar refractivity (Wildman–Crippen MR) is 88.0 cm³/mol. The summed E-state index contributed by atoms with van der Waals surface area (Å²) in [6, 6.07) is 4.11. The first kappa shape index (κ1) is 16.8. The third-order valence-corrected chi connectivity index (χ3v) is 3.43. The zero-order valence-corrected chi connectivity index (χ0v) is 14.0. The highest BCUT2D eigenvalue weighted by Crippen LogP contribution is 2.27. The third kappa shape index (κ3) is 5.38. The Morgan fingerprint density at radius 2 is 1.85 bits per heavy atom. The standard InChI is InChI=1S/C18H29NO/c1-7-16-12-15(11-14(2)3)13-18(20)17(16)9-8-10-19(4,5)6/h11-13H,7-10H2,1-6H3/p+1. The number of aryl methyl sites for hydroxylation is 1. The highest BCUT2D eigenvalue weighted by molar-refractivity contribution is 5.58. The number of hydrogen-bond donors (Lipinski definition) is 1. The lowest BCUT2D eigenvalue weighted by molar-refractivity contribution is -0.870. The van der Waals surface area contributed by atoms with E-state index in [0.29, 0.717) is 5.75 Å². The Hall–Kier alpha value is -1.28. The van der Waals surface area contributed by atoms with E-state index in [0.717, 1.165) is 41.4 Å². The number of rotatable bonds is 6. The summed E-state index contributed by atoms with van der Waals surface area (Å²) in [4.78, 5) is 0. The van der Waals surface area contributed by atoms with Crippen molar-refractivity contribution in [3.8, 4) is 5.75 Å². The molecule has 0 aliphatic carbocycles. The molecule has 0 spiro atoms. The first-order valence-corrected chi connectivity index (χ1v) is 7.53. The molecule has 0 aromatic heterocycles. The molecule has 0 atom stereocenters. The van der Waals surface area contributed by atoms with Crippen molar-refractivity contribution in [3.05, 3.63) is 34.4 Å². The van der Waals surface area contributed by atoms with Crippen LogP contribution in [0.1, 0.15) is 43.9 Å². The number of quaternary nitrogens is 1. The van der Waals surface area contributed by atoms with Crippen molar-refractivity contribution < 1.29 is 9.59 Å². The Kier molecular flexibility index (Phi) is 5.82. The quantitative estimate of drug-likeness (QED) is 0.778. The molecule has 1 rings (SSSR count). The monoisotopic (exact) mass is 276 g/mol. The molecule has 0 heterocycles. The lowest BCUT2D eigenvalue weighted by Gasteiger charge is -2.24. The SMILES string of the molecule is CCc1cc(C=C(C)C)cc(O)c1CCC[N+](C)(C)C. The van der Waals surface area contributed by atoms with Crippen LogP contribution in [-0.2, 0) is 12.8 Å². The van der Waals surface area contributed by atoms with Crippen molar-refractivity contribution in [2.45, 2.75) is 40.0 Å². The molecule has 2 nitrogen and oxygen atoms in total. The second-order valence-electron chi connectivity index (χ2n) is 6.87. The lowest BCUT2D eigenvalue weighted by Crippen LogP contribution is -2.35. The maximum Gasteiger partial charge on any atom is 0.119 e. The molecule has 0 radical (unpaired) electrons. The summed E-state index contributed by atoms with van der Waals surface area (Å²) < 4.78 is 0.970. The van der Waals surface area contributed by atoms with Crippen LogP contribution in [0.25, 0.3) is 6.08 Å². The van der Waals surface area contributed by atoms with Gasteiger partial charge in [-0.2, -0.15) is 0 Å². The van der Waals surface area contributed by atoms with E-state index in [1.54, 1.807) is 0 Å². The van der Waals surface area contributed by atoms with E-state index in [-0.39, 0.29) is 0 Å². The number of hydrogen-bond acceptors (Lipinski definition) is 1. The molecule has 1 aromatic rings. The summed E-state index contributed by atoms with van der Waals surface area (Å²) >= 11 is 0. The average molecular weight is 276 g/mol. The van der Waals surface area contributed by atoms with Crippen LogP contribution in [0.2, 0.25) is 0 Å². The summed E-state index contributed by atoms with van der Waals surface area (Å²) in [5.41, 5.74) is 4.77. The molecule has 0 fully saturated rings. The van der Waals surface area contributed by atoms with E-state index in [9.17, 15) is 5.11 Å². The van der Waals surface area contributed by atoms with Crippen molar-refractivity contribution in [1.82, 2.24) is 0 Å². The molecule has 0 aliphatic heterocycles. The van der Waals surface area contributed by atoms with Crippen LogP contribution >= 0.6 is 0 Å². The van der Waals surface area contributed by atoms with Crippen LogP contribution in [-0.4, -0.2) is 37.3 Å². The van der Waals surface area contributed by atoms with Gasteiger partial charge in [0.25, 0.3) is 0 Å². The Balaban J connectivity index is 2.93. The van der Waals surface area contributed by atoms with Gasteiger partial charge in [0.2, 0.25) is 0 Å². The van der Waals surface area contributed by atoms with Gasteiger partial charge in [-0.25, -0.2) is 0 Å². The molecule has 0 aliphatic rings. The Morgan fingerprint density at radius 1 is 1.20 bits per heavy atom. The fourth-order valence-corrected chi connectivity index (χ4v) is 2.49. The van der Waals surface area contributed by atoms with Gasteiger partial charge in [-0.3, -0.25) is 0 Å². The van der Waals surface area contributed by atoms with Crippen LogP contribution in [0.4, 0.5) is 0 Å². The molecular formula is C18H30NO+. The lowest BCUT2D eigenvalue weighted by atomic mass is 9.96. The minimum absolute atomic E-state index is 0.457. The summed E-state index contributed by atoms with van der Waals surface area (Å²) in [5.74, 6) is 0.457. The maximum absolute atomic E-state index is 10.3. The van der Waals surface area contributed by atoms with Gasteiger partial charge in [0.05, 0.1) is 27.7 Å². The summed E-state index contributed by atoms with van der Waals surface area (Å²) in [7, 11) is 6.62. The van der Waals surface area contributed by atoms with Gasteiger partial charge in [0.15, 0.2) is 0 Å². The van der Waals surface area contributed by atoms with Crippen LogP contribution in [0.5, 0.6) is 5.75 Å². The number of allylic oxidation sites excluding steroid dienone is 1. The van der Waals surface area contributed by atoms with Crippen LogP contribution in [0, 0.1) is 0 Å². The smallest absolute Gasteiger partial charge is 0.119 e. The van der Waals surface area contributed by atoms with Crippen molar-refractivity contribution in [3.63, 3.8) is 0 Å². The van der Waals surface area contributed by atoms with Crippen molar-refractivity contribution in [1.29, 1.82) is 0 Å². The van der Waals surface area contributed by atoms with Gasteiger partial charge in [-0.05, 0) is 49.4 Å². The highest BCUT2D eigenvalue weighted by Gasteiger charge is 2.11. The zero-order valence-electron chi connectivity index (χ0n) is 14.0. The fourth-order valence-electron chi connectivity index (χ4n) is 2.49. The Labute approximate surface area is 124 Å². The molecule has 112 valence electrons. The molecule has 0 amide bonds. The minimum Gasteiger partial charge on any atom is -0.508 e. The number of aromatic hydroxyl groups is 1. The van der Waals surface area contributed by atoms with Crippen LogP contribution < -0.4 is 0 Å². The predicted octanol–water partition coefficient (Wildman–Crippen LogP) is 4.02. The maximum atomic E-state index is 10.3. The van der Waals surface area contributed by atoms with Gasteiger partial charge in [0.1, 0.15) is 5.75 Å². The summed E-state index contributed by atoms with van der Waals surface area (Å²) in [6.45, 7) is 7.44. The summed E-state index contributed by atoms with van der Waals surface area (Å²) in [5, 5.41) is 10.3. The highest BCUT2D eigenvalue weighted by atomic mass is 16.3. The normalized spacial score (nSPS) is 11.5. The molecule has 20 heavy (non-hydrogen) atoms. The second-order valence-corrected chi connectivity index (χ2v) is 6.87. The minimum atomic E-state index is 0.457.